The van der Waals surface area contributed by atoms with Crippen molar-refractivity contribution in [2.24, 2.45) is 5.92 Å². The number of nitrogens with one attached hydrogen (secondary N) is 1. The Bertz CT molecular complexity index is 614. The molecule has 2 N–H and O–H groups in total. The van der Waals surface area contributed by atoms with Gasteiger partial charge in [0, 0.05) is 11.4 Å². The Hall–Kier alpha value is -1.24. The van der Waals surface area contributed by atoms with E-state index in [9.17, 15) is 0 Å². The molecule has 1 aliphatic rings. The van der Waals surface area contributed by atoms with E-state index >= 15 is 0 Å². The Labute approximate surface area is 128 Å². The first-order valence-corrected chi connectivity index (χ1v) is 8.29. The van der Waals surface area contributed by atoms with Crippen molar-refractivity contribution in [2.75, 3.05) is 31.7 Å². The standard InChI is InChI=1S/C15H21N3O2S/c1-10-2-3-11-12(8-10)21-15-13(11)14(17-9-18-15)16-4-6-20-7-5-19/h9-10,19H,2-8H2,1H3,(H,16,17,18). The number of thiophene rings is 1. The Kier molecular flexibility index (Phi) is 4.67. The number of nitrogens with zero attached hydrogens (tertiary/aromatic N) is 2. The lowest BCUT2D eigenvalue weighted by Crippen LogP contribution is -2.13. The van der Waals surface area contributed by atoms with Crippen molar-refractivity contribution in [1.82, 2.24) is 9.97 Å². The van der Waals surface area contributed by atoms with Crippen LogP contribution in [-0.4, -0.2) is 41.4 Å². The molecule has 0 aliphatic heterocycles. The van der Waals surface area contributed by atoms with E-state index in [2.05, 4.69) is 22.2 Å². The summed E-state index contributed by atoms with van der Waals surface area (Å²) >= 11 is 1.81. The number of aliphatic hydroxyl groups is 1. The number of aliphatic hydroxyl groups excluding tert-OH is 1. The number of hydrogen-bond acceptors (Lipinski definition) is 6. The molecule has 0 spiro atoms. The lowest BCUT2D eigenvalue weighted by atomic mass is 9.89. The first kappa shape index (κ1) is 14.7. The summed E-state index contributed by atoms with van der Waals surface area (Å²) in [6.07, 6.45) is 5.16. The molecule has 1 unspecified atom stereocenters. The summed E-state index contributed by atoms with van der Waals surface area (Å²) in [6.45, 7) is 4.01. The average molecular weight is 307 g/mol. The second-order valence-corrected chi connectivity index (χ2v) is 6.60. The number of hydrogen-bond donors (Lipinski definition) is 2. The van der Waals surface area contributed by atoms with Crippen LogP contribution in [0.25, 0.3) is 10.2 Å². The minimum atomic E-state index is 0.0635. The molecule has 0 fully saturated rings. The van der Waals surface area contributed by atoms with Gasteiger partial charge in [-0.25, -0.2) is 9.97 Å². The summed E-state index contributed by atoms with van der Waals surface area (Å²) in [5, 5.41) is 13.2. The van der Waals surface area contributed by atoms with Crippen molar-refractivity contribution in [2.45, 2.75) is 26.2 Å². The monoisotopic (exact) mass is 307 g/mol. The van der Waals surface area contributed by atoms with Crippen LogP contribution in [0.1, 0.15) is 23.8 Å². The zero-order chi connectivity index (χ0) is 14.7. The fourth-order valence-corrected chi connectivity index (χ4v) is 4.17. The molecule has 2 heterocycles. The zero-order valence-electron chi connectivity index (χ0n) is 12.3. The van der Waals surface area contributed by atoms with Gasteiger partial charge in [-0.3, -0.25) is 0 Å². The van der Waals surface area contributed by atoms with E-state index in [0.29, 0.717) is 19.8 Å². The van der Waals surface area contributed by atoms with Crippen LogP contribution in [0, 0.1) is 5.92 Å². The third kappa shape index (κ3) is 3.17. The first-order valence-electron chi connectivity index (χ1n) is 7.47. The fraction of sp³-hybridized carbons (Fsp3) is 0.600. The minimum absolute atomic E-state index is 0.0635. The van der Waals surface area contributed by atoms with Gasteiger partial charge in [-0.15, -0.1) is 11.3 Å². The molecule has 3 rings (SSSR count). The van der Waals surface area contributed by atoms with E-state index in [1.54, 1.807) is 6.33 Å². The van der Waals surface area contributed by atoms with Gasteiger partial charge in [0.2, 0.25) is 0 Å². The van der Waals surface area contributed by atoms with Crippen LogP contribution < -0.4 is 5.32 Å². The molecular weight excluding hydrogens is 286 g/mol. The molecule has 0 bridgehead atoms. The SMILES string of the molecule is CC1CCc2c(sc3ncnc(NCCOCCO)c23)C1. The molecule has 2 aromatic rings. The quantitative estimate of drug-likeness (QED) is 0.801. The molecule has 0 radical (unpaired) electrons. The van der Waals surface area contributed by atoms with Gasteiger partial charge in [-0.1, -0.05) is 6.92 Å². The molecule has 114 valence electrons. The van der Waals surface area contributed by atoms with E-state index in [1.165, 1.54) is 22.2 Å². The van der Waals surface area contributed by atoms with Crippen LogP contribution in [0.15, 0.2) is 6.33 Å². The summed E-state index contributed by atoms with van der Waals surface area (Å²) in [4.78, 5) is 11.4. The number of fused-ring (bicyclic) bond motifs is 3. The van der Waals surface area contributed by atoms with Gasteiger partial charge in [-0.2, -0.15) is 0 Å². The smallest absolute Gasteiger partial charge is 0.138 e. The highest BCUT2D eigenvalue weighted by Gasteiger charge is 2.22. The predicted molar refractivity (Wildman–Crippen MR) is 85.0 cm³/mol. The topological polar surface area (TPSA) is 67.3 Å². The Balaban J connectivity index is 1.79. The van der Waals surface area contributed by atoms with Gasteiger partial charge >= 0.3 is 0 Å². The maximum atomic E-state index is 8.69. The highest BCUT2D eigenvalue weighted by atomic mass is 32.1. The van der Waals surface area contributed by atoms with Gasteiger partial charge < -0.3 is 15.2 Å². The van der Waals surface area contributed by atoms with Crippen LogP contribution in [0.3, 0.4) is 0 Å². The lowest BCUT2D eigenvalue weighted by molar-refractivity contribution is 0.0992. The van der Waals surface area contributed by atoms with Crippen molar-refractivity contribution in [3.63, 3.8) is 0 Å². The number of aryl methyl sites for hydroxylation is 1. The van der Waals surface area contributed by atoms with Crippen LogP contribution >= 0.6 is 11.3 Å². The maximum Gasteiger partial charge on any atom is 0.138 e. The second-order valence-electron chi connectivity index (χ2n) is 5.52. The Morgan fingerprint density at radius 1 is 1.43 bits per heavy atom. The number of rotatable bonds is 6. The number of anilines is 1. The molecule has 21 heavy (non-hydrogen) atoms. The fourth-order valence-electron chi connectivity index (χ4n) is 2.82. The van der Waals surface area contributed by atoms with Gasteiger partial charge in [0.05, 0.1) is 25.2 Å². The molecule has 1 atom stereocenters. The molecule has 6 heteroatoms. The highest BCUT2D eigenvalue weighted by Crippen LogP contribution is 2.39. The van der Waals surface area contributed by atoms with Crippen molar-refractivity contribution in [3.05, 3.63) is 16.8 Å². The zero-order valence-corrected chi connectivity index (χ0v) is 13.1. The molecule has 0 amide bonds. The van der Waals surface area contributed by atoms with Crippen molar-refractivity contribution < 1.29 is 9.84 Å². The Morgan fingerprint density at radius 2 is 2.33 bits per heavy atom. The van der Waals surface area contributed by atoms with E-state index in [1.807, 2.05) is 11.3 Å². The summed E-state index contributed by atoms with van der Waals surface area (Å²) in [5.41, 5.74) is 1.44. The highest BCUT2D eigenvalue weighted by molar-refractivity contribution is 7.19. The van der Waals surface area contributed by atoms with Gasteiger partial charge in [0.15, 0.2) is 0 Å². The third-order valence-corrected chi connectivity index (χ3v) is 5.03. The Morgan fingerprint density at radius 3 is 3.19 bits per heavy atom. The largest absolute Gasteiger partial charge is 0.394 e. The van der Waals surface area contributed by atoms with Gasteiger partial charge in [0.25, 0.3) is 0 Å². The summed E-state index contributed by atoms with van der Waals surface area (Å²) in [6, 6.07) is 0. The van der Waals surface area contributed by atoms with Gasteiger partial charge in [-0.05, 0) is 30.7 Å². The van der Waals surface area contributed by atoms with Crippen molar-refractivity contribution >= 4 is 27.4 Å². The number of ether oxygens (including phenoxy) is 1. The first-order chi connectivity index (χ1) is 10.3. The lowest BCUT2D eigenvalue weighted by Gasteiger charge is -2.18. The molecule has 0 saturated carbocycles. The molecular formula is C15H21N3O2S. The van der Waals surface area contributed by atoms with Gasteiger partial charge in [0.1, 0.15) is 17.0 Å². The predicted octanol–water partition coefficient (Wildman–Crippen LogP) is 2.24. The van der Waals surface area contributed by atoms with Crippen LogP contribution in [0.5, 0.6) is 0 Å². The normalized spacial score (nSPS) is 17.9. The van der Waals surface area contributed by atoms with Crippen LogP contribution in [-0.2, 0) is 17.6 Å². The van der Waals surface area contributed by atoms with Crippen LogP contribution in [0.2, 0.25) is 0 Å². The van der Waals surface area contributed by atoms with E-state index in [4.69, 9.17) is 9.84 Å². The maximum absolute atomic E-state index is 8.69. The van der Waals surface area contributed by atoms with E-state index < -0.39 is 0 Å². The molecule has 5 nitrogen and oxygen atoms in total. The molecule has 0 aromatic carbocycles. The minimum Gasteiger partial charge on any atom is -0.394 e. The molecule has 1 aliphatic carbocycles. The van der Waals surface area contributed by atoms with Crippen molar-refractivity contribution in [1.29, 1.82) is 0 Å². The summed E-state index contributed by atoms with van der Waals surface area (Å²) in [7, 11) is 0. The summed E-state index contributed by atoms with van der Waals surface area (Å²) < 4.78 is 5.27. The number of aromatic nitrogens is 2. The van der Waals surface area contributed by atoms with Crippen molar-refractivity contribution in [3.8, 4) is 0 Å². The molecule has 2 aromatic heterocycles. The van der Waals surface area contributed by atoms with E-state index in [-0.39, 0.29) is 6.61 Å². The summed E-state index contributed by atoms with van der Waals surface area (Å²) in [5.74, 6) is 1.68. The molecule has 0 saturated heterocycles. The average Bonchev–Trinajstić information content (AvgIpc) is 2.85. The second kappa shape index (κ2) is 6.68. The third-order valence-electron chi connectivity index (χ3n) is 3.87. The van der Waals surface area contributed by atoms with E-state index in [0.717, 1.165) is 29.4 Å². The van der Waals surface area contributed by atoms with Crippen LogP contribution in [0.4, 0.5) is 5.82 Å².